The van der Waals surface area contributed by atoms with E-state index in [4.69, 9.17) is 9.47 Å². The lowest BCUT2D eigenvalue weighted by molar-refractivity contribution is -0.147. The third-order valence-corrected chi connectivity index (χ3v) is 4.54. The fraction of sp³-hybridized carbons (Fsp3) is 0.400. The summed E-state index contributed by atoms with van der Waals surface area (Å²) in [5.41, 5.74) is 1.15. The molecule has 0 saturated heterocycles. The van der Waals surface area contributed by atoms with Crippen LogP contribution < -0.4 is 10.2 Å². The molecule has 178 valence electrons. The first-order valence-electron chi connectivity index (χ1n) is 10.7. The molecule has 0 unspecified atom stereocenters. The SMILES string of the molecule is CN(C)CC(=O)N(C)c1cccc([C@H](NC(=O)OC(C)(C)C)C(=O)OCc2ccccc2)c1. The van der Waals surface area contributed by atoms with Crippen LogP contribution in [0.4, 0.5) is 10.5 Å². The highest BCUT2D eigenvalue weighted by Gasteiger charge is 2.28. The molecule has 0 radical (unpaired) electrons. The van der Waals surface area contributed by atoms with Crippen LogP contribution in [-0.4, -0.2) is 56.2 Å². The van der Waals surface area contributed by atoms with Crippen LogP contribution in [0.25, 0.3) is 0 Å². The quantitative estimate of drug-likeness (QED) is 0.613. The summed E-state index contributed by atoms with van der Waals surface area (Å²) in [6, 6.07) is 15.0. The average molecular weight is 456 g/mol. The van der Waals surface area contributed by atoms with Gasteiger partial charge in [-0.2, -0.15) is 0 Å². The van der Waals surface area contributed by atoms with Gasteiger partial charge >= 0.3 is 12.1 Å². The van der Waals surface area contributed by atoms with Crippen LogP contribution in [0.15, 0.2) is 54.6 Å². The highest BCUT2D eigenvalue weighted by molar-refractivity contribution is 5.94. The largest absolute Gasteiger partial charge is 0.459 e. The Bertz CT molecular complexity index is 954. The highest BCUT2D eigenvalue weighted by Crippen LogP contribution is 2.23. The van der Waals surface area contributed by atoms with Gasteiger partial charge in [-0.15, -0.1) is 0 Å². The highest BCUT2D eigenvalue weighted by atomic mass is 16.6. The van der Waals surface area contributed by atoms with E-state index >= 15 is 0 Å². The van der Waals surface area contributed by atoms with Gasteiger partial charge < -0.3 is 24.6 Å². The van der Waals surface area contributed by atoms with Gasteiger partial charge in [0.2, 0.25) is 5.91 Å². The van der Waals surface area contributed by atoms with Crippen molar-refractivity contribution < 1.29 is 23.9 Å². The van der Waals surface area contributed by atoms with Crippen molar-refractivity contribution in [2.45, 2.75) is 39.0 Å². The zero-order chi connectivity index (χ0) is 24.6. The lowest BCUT2D eigenvalue weighted by atomic mass is 10.1. The summed E-state index contributed by atoms with van der Waals surface area (Å²) in [7, 11) is 5.28. The van der Waals surface area contributed by atoms with Gasteiger partial charge in [-0.3, -0.25) is 4.79 Å². The van der Waals surface area contributed by atoms with Crippen molar-refractivity contribution in [3.8, 4) is 0 Å². The van der Waals surface area contributed by atoms with Gasteiger partial charge in [-0.05, 0) is 58.1 Å². The minimum Gasteiger partial charge on any atom is -0.459 e. The van der Waals surface area contributed by atoms with Gasteiger partial charge in [0.25, 0.3) is 0 Å². The maximum atomic E-state index is 13.0. The standard InChI is InChI=1S/C25H33N3O5/c1-25(2,3)33-24(31)26-22(23(30)32-17-18-11-8-7-9-12-18)19-13-10-14-20(15-19)28(6)21(29)16-27(4)5/h7-15,22H,16-17H2,1-6H3,(H,26,31)/t22-/m0/s1. The van der Waals surface area contributed by atoms with Crippen molar-refractivity contribution in [1.82, 2.24) is 10.2 Å². The molecule has 0 fully saturated rings. The van der Waals surface area contributed by atoms with E-state index in [-0.39, 0.29) is 19.1 Å². The number of nitrogens with zero attached hydrogens (tertiary/aromatic N) is 2. The number of ether oxygens (including phenoxy) is 2. The Morgan fingerprint density at radius 2 is 1.64 bits per heavy atom. The molecule has 0 aliphatic carbocycles. The normalized spacial score (nSPS) is 12.1. The summed E-state index contributed by atoms with van der Waals surface area (Å²) in [4.78, 5) is 41.2. The molecular weight excluding hydrogens is 422 g/mol. The van der Waals surface area contributed by atoms with Crippen molar-refractivity contribution >= 4 is 23.7 Å². The number of nitrogens with one attached hydrogen (secondary N) is 1. The Kier molecular flexibility index (Phi) is 8.99. The minimum atomic E-state index is -1.11. The second-order valence-corrected chi connectivity index (χ2v) is 8.96. The molecule has 0 aromatic heterocycles. The number of likely N-dealkylation sites (N-methyl/N-ethyl adjacent to an activating group) is 2. The summed E-state index contributed by atoms with van der Waals surface area (Å²) >= 11 is 0. The van der Waals surface area contributed by atoms with Crippen molar-refractivity contribution in [3.05, 3.63) is 65.7 Å². The second kappa shape index (κ2) is 11.5. The lowest BCUT2D eigenvalue weighted by Crippen LogP contribution is -2.39. The predicted octanol–water partition coefficient (Wildman–Crippen LogP) is 3.52. The van der Waals surface area contributed by atoms with E-state index in [0.717, 1.165) is 5.56 Å². The van der Waals surface area contributed by atoms with Crippen molar-refractivity contribution in [1.29, 1.82) is 0 Å². The van der Waals surface area contributed by atoms with E-state index in [1.807, 2.05) is 44.4 Å². The van der Waals surface area contributed by atoms with Crippen molar-refractivity contribution in [3.63, 3.8) is 0 Å². The summed E-state index contributed by atoms with van der Waals surface area (Å²) < 4.78 is 10.8. The number of esters is 1. The van der Waals surface area contributed by atoms with Gasteiger partial charge in [0.15, 0.2) is 6.04 Å². The molecule has 0 aliphatic rings. The maximum Gasteiger partial charge on any atom is 0.408 e. The number of carbonyl (C=O) groups is 3. The Morgan fingerprint density at radius 1 is 0.970 bits per heavy atom. The minimum absolute atomic E-state index is 0.0626. The number of carbonyl (C=O) groups excluding carboxylic acids is 3. The Labute approximate surface area is 195 Å². The van der Waals surface area contributed by atoms with Gasteiger partial charge in [-0.1, -0.05) is 42.5 Å². The van der Waals surface area contributed by atoms with Crippen LogP contribution >= 0.6 is 0 Å². The molecule has 1 N–H and O–H groups in total. The van der Waals surface area contributed by atoms with Gasteiger partial charge in [-0.25, -0.2) is 9.59 Å². The summed E-state index contributed by atoms with van der Waals surface area (Å²) in [5.74, 6) is -0.746. The van der Waals surface area contributed by atoms with Crippen molar-refractivity contribution in [2.75, 3.05) is 32.6 Å². The van der Waals surface area contributed by atoms with Crippen LogP contribution in [-0.2, 0) is 25.7 Å². The molecule has 0 saturated carbocycles. The first kappa shape index (κ1) is 25.9. The number of alkyl carbamates (subject to hydrolysis) is 1. The monoisotopic (exact) mass is 455 g/mol. The average Bonchev–Trinajstić information content (AvgIpc) is 2.74. The number of amides is 2. The zero-order valence-electron chi connectivity index (χ0n) is 20.1. The molecule has 2 aromatic carbocycles. The van der Waals surface area contributed by atoms with E-state index in [2.05, 4.69) is 5.32 Å². The molecule has 2 aromatic rings. The number of rotatable bonds is 8. The molecule has 8 nitrogen and oxygen atoms in total. The molecule has 2 amide bonds. The molecule has 0 bridgehead atoms. The maximum absolute atomic E-state index is 13.0. The number of anilines is 1. The lowest BCUT2D eigenvalue weighted by Gasteiger charge is -2.24. The Balaban J connectivity index is 2.27. The number of hydrogen-bond donors (Lipinski definition) is 1. The topological polar surface area (TPSA) is 88.2 Å². The first-order chi connectivity index (χ1) is 15.5. The number of benzene rings is 2. The smallest absolute Gasteiger partial charge is 0.408 e. The third-order valence-electron chi connectivity index (χ3n) is 4.54. The van der Waals surface area contributed by atoms with Gasteiger partial charge in [0, 0.05) is 12.7 Å². The molecule has 33 heavy (non-hydrogen) atoms. The van der Waals surface area contributed by atoms with E-state index in [9.17, 15) is 14.4 Å². The van der Waals surface area contributed by atoms with Gasteiger partial charge in [0.05, 0.1) is 6.54 Å². The summed E-state index contributed by atoms with van der Waals surface area (Å²) in [5, 5.41) is 2.61. The van der Waals surface area contributed by atoms with Gasteiger partial charge in [0.1, 0.15) is 12.2 Å². The Morgan fingerprint density at radius 3 is 2.24 bits per heavy atom. The zero-order valence-corrected chi connectivity index (χ0v) is 20.1. The summed E-state index contributed by atoms with van der Waals surface area (Å²) in [6.07, 6.45) is -0.744. The van der Waals surface area contributed by atoms with Crippen LogP contribution in [0.2, 0.25) is 0 Å². The van der Waals surface area contributed by atoms with Crippen LogP contribution in [0.5, 0.6) is 0 Å². The van der Waals surface area contributed by atoms with Crippen LogP contribution in [0.1, 0.15) is 37.9 Å². The van der Waals surface area contributed by atoms with Crippen LogP contribution in [0, 0.1) is 0 Å². The van der Waals surface area contributed by atoms with Crippen molar-refractivity contribution in [2.24, 2.45) is 0 Å². The molecule has 0 spiro atoms. The molecule has 0 heterocycles. The summed E-state index contributed by atoms with van der Waals surface area (Å²) in [6.45, 7) is 5.51. The molecule has 1 atom stereocenters. The van der Waals surface area contributed by atoms with E-state index in [1.165, 1.54) is 4.90 Å². The molecule has 2 rings (SSSR count). The first-order valence-corrected chi connectivity index (χ1v) is 10.7. The third kappa shape index (κ3) is 8.57. The fourth-order valence-corrected chi connectivity index (χ4v) is 2.95. The van der Waals surface area contributed by atoms with E-state index in [0.29, 0.717) is 11.3 Å². The predicted molar refractivity (Wildman–Crippen MR) is 127 cm³/mol. The number of hydrogen-bond acceptors (Lipinski definition) is 6. The fourth-order valence-electron chi connectivity index (χ4n) is 2.95. The van der Waals surface area contributed by atoms with E-state index < -0.39 is 23.7 Å². The molecule has 8 heteroatoms. The Hall–Kier alpha value is -3.39. The molecular formula is C25H33N3O5. The second-order valence-electron chi connectivity index (χ2n) is 8.96. The van der Waals surface area contributed by atoms with E-state index in [1.54, 1.807) is 57.0 Å². The molecule has 0 aliphatic heterocycles. The van der Waals surface area contributed by atoms with Crippen LogP contribution in [0.3, 0.4) is 0 Å².